The molecule has 200 valence electrons. The largest absolute Gasteiger partial charge is 0.476 e. The molecule has 2 N–H and O–H groups in total. The average Bonchev–Trinajstić information content (AvgIpc) is 3.45. The van der Waals surface area contributed by atoms with Gasteiger partial charge in [0.2, 0.25) is 0 Å². The Hall–Kier alpha value is -3.81. The van der Waals surface area contributed by atoms with Crippen LogP contribution >= 0.6 is 0 Å². The van der Waals surface area contributed by atoms with Crippen molar-refractivity contribution in [3.8, 4) is 11.3 Å². The number of benzene rings is 1. The van der Waals surface area contributed by atoms with Crippen molar-refractivity contribution in [3.05, 3.63) is 59.0 Å². The first-order valence-corrected chi connectivity index (χ1v) is 13.3. The summed E-state index contributed by atoms with van der Waals surface area (Å²) in [6.45, 7) is 13.4. The quantitative estimate of drug-likeness (QED) is 0.313. The smallest absolute Gasteiger partial charge is 0.410 e. The van der Waals surface area contributed by atoms with Crippen molar-refractivity contribution in [2.24, 2.45) is 0 Å². The first kappa shape index (κ1) is 25.8. The van der Waals surface area contributed by atoms with E-state index in [2.05, 4.69) is 48.1 Å². The predicted octanol–water partition coefficient (Wildman–Crippen LogP) is 6.73. The number of carbonyl (C=O) groups excluding carboxylic acids is 1. The molecular formula is C30H36N4O4. The number of piperidine rings is 1. The zero-order valence-corrected chi connectivity index (χ0v) is 23.0. The molecule has 0 atom stereocenters. The predicted molar refractivity (Wildman–Crippen MR) is 148 cm³/mol. The molecule has 8 heteroatoms. The number of likely N-dealkylation sites (tertiary alicyclic amines) is 1. The van der Waals surface area contributed by atoms with Crippen molar-refractivity contribution in [2.75, 3.05) is 13.1 Å². The number of aromatic amines is 1. The van der Waals surface area contributed by atoms with E-state index in [-0.39, 0.29) is 17.7 Å². The maximum atomic E-state index is 12.5. The molecule has 1 amide bonds. The van der Waals surface area contributed by atoms with E-state index in [0.717, 1.165) is 35.2 Å². The molecule has 8 nitrogen and oxygen atoms in total. The maximum Gasteiger partial charge on any atom is 0.410 e. The number of pyridine rings is 1. The van der Waals surface area contributed by atoms with Crippen molar-refractivity contribution in [1.82, 2.24) is 19.3 Å². The van der Waals surface area contributed by atoms with Crippen LogP contribution in [0.2, 0.25) is 0 Å². The van der Waals surface area contributed by atoms with Crippen LogP contribution < -0.4 is 0 Å². The molecule has 4 heterocycles. The number of nitrogens with one attached hydrogen (secondary N) is 1. The molecule has 0 bridgehead atoms. The molecule has 1 aromatic carbocycles. The van der Waals surface area contributed by atoms with Crippen LogP contribution in [0.4, 0.5) is 4.79 Å². The number of fused-ring (bicyclic) bond motifs is 2. The summed E-state index contributed by atoms with van der Waals surface area (Å²) in [7, 11) is 0. The lowest BCUT2D eigenvalue weighted by atomic mass is 9.87. The topological polar surface area (TPSA) is 99.9 Å². The number of carboxylic acid groups (broad SMARTS) is 1. The van der Waals surface area contributed by atoms with Gasteiger partial charge < -0.3 is 24.1 Å². The molecule has 38 heavy (non-hydrogen) atoms. The Morgan fingerprint density at radius 3 is 2.47 bits per heavy atom. The third-order valence-corrected chi connectivity index (χ3v) is 7.30. The average molecular weight is 517 g/mol. The highest BCUT2D eigenvalue weighted by Crippen LogP contribution is 2.39. The number of aryl methyl sites for hydroxylation is 1. The van der Waals surface area contributed by atoms with Gasteiger partial charge in [0, 0.05) is 41.9 Å². The van der Waals surface area contributed by atoms with E-state index >= 15 is 0 Å². The van der Waals surface area contributed by atoms with E-state index < -0.39 is 11.6 Å². The van der Waals surface area contributed by atoms with Gasteiger partial charge in [-0.2, -0.15) is 0 Å². The first-order chi connectivity index (χ1) is 17.9. The van der Waals surface area contributed by atoms with Gasteiger partial charge >= 0.3 is 12.1 Å². The van der Waals surface area contributed by atoms with E-state index in [1.807, 2.05) is 38.8 Å². The Kier molecular flexibility index (Phi) is 6.45. The van der Waals surface area contributed by atoms with Gasteiger partial charge in [0.25, 0.3) is 0 Å². The molecule has 0 unspecified atom stereocenters. The fourth-order valence-corrected chi connectivity index (χ4v) is 5.54. The van der Waals surface area contributed by atoms with Gasteiger partial charge in [0.1, 0.15) is 11.2 Å². The number of imidazole rings is 1. The Bertz CT molecular complexity index is 1530. The van der Waals surface area contributed by atoms with Crippen LogP contribution in [0, 0.1) is 6.92 Å². The number of carbonyl (C=O) groups is 2. The molecular weight excluding hydrogens is 480 g/mol. The van der Waals surface area contributed by atoms with Gasteiger partial charge in [-0.25, -0.2) is 14.6 Å². The van der Waals surface area contributed by atoms with Crippen molar-refractivity contribution < 1.29 is 19.4 Å². The molecule has 4 aromatic rings. The van der Waals surface area contributed by atoms with Crippen LogP contribution in [0.5, 0.6) is 0 Å². The molecule has 0 spiro atoms. The molecule has 1 saturated heterocycles. The van der Waals surface area contributed by atoms with Crippen molar-refractivity contribution in [3.63, 3.8) is 0 Å². The molecule has 1 aliphatic heterocycles. The van der Waals surface area contributed by atoms with Crippen LogP contribution in [0.3, 0.4) is 0 Å². The summed E-state index contributed by atoms with van der Waals surface area (Å²) in [6.07, 6.45) is 5.09. The first-order valence-electron chi connectivity index (χ1n) is 13.3. The number of hydrogen-bond acceptors (Lipinski definition) is 4. The molecule has 0 saturated carbocycles. The van der Waals surface area contributed by atoms with E-state index in [4.69, 9.17) is 4.74 Å². The Morgan fingerprint density at radius 2 is 1.84 bits per heavy atom. The van der Waals surface area contributed by atoms with Crippen LogP contribution in [-0.2, 0) is 4.74 Å². The number of ether oxygens (including phenoxy) is 1. The maximum absolute atomic E-state index is 12.5. The second kappa shape index (κ2) is 9.49. The van der Waals surface area contributed by atoms with Crippen LogP contribution in [-0.4, -0.2) is 55.1 Å². The summed E-state index contributed by atoms with van der Waals surface area (Å²) in [5.41, 5.74) is 6.76. The van der Waals surface area contributed by atoms with Gasteiger partial charge in [-0.1, -0.05) is 19.9 Å². The number of rotatable bonds is 4. The van der Waals surface area contributed by atoms with E-state index in [9.17, 15) is 14.7 Å². The lowest BCUT2D eigenvalue weighted by Gasteiger charge is -2.33. The summed E-state index contributed by atoms with van der Waals surface area (Å²) in [4.78, 5) is 33.7. The minimum absolute atomic E-state index is 0.0355. The fourth-order valence-electron chi connectivity index (χ4n) is 5.54. The van der Waals surface area contributed by atoms with E-state index in [0.29, 0.717) is 24.7 Å². The minimum Gasteiger partial charge on any atom is -0.476 e. The second-order valence-corrected chi connectivity index (χ2v) is 11.7. The Balaban J connectivity index is 1.46. The highest BCUT2D eigenvalue weighted by atomic mass is 16.6. The van der Waals surface area contributed by atoms with Gasteiger partial charge in [-0.05, 0) is 87.3 Å². The fraction of sp³-hybridized carbons (Fsp3) is 0.433. The molecule has 1 aliphatic rings. The third kappa shape index (κ3) is 4.87. The lowest BCUT2D eigenvalue weighted by Crippen LogP contribution is -2.41. The number of H-pyrrole nitrogens is 1. The number of hydrogen-bond donors (Lipinski definition) is 2. The highest BCUT2D eigenvalue weighted by Gasteiger charge is 2.28. The number of aromatic carboxylic acids is 1. The van der Waals surface area contributed by atoms with E-state index in [1.54, 1.807) is 10.6 Å². The van der Waals surface area contributed by atoms with Crippen molar-refractivity contribution in [1.29, 1.82) is 0 Å². The number of carboxylic acids is 1. The minimum atomic E-state index is -1.03. The van der Waals surface area contributed by atoms with Gasteiger partial charge in [-0.3, -0.25) is 0 Å². The molecule has 3 aromatic heterocycles. The van der Waals surface area contributed by atoms with Gasteiger partial charge in [-0.15, -0.1) is 0 Å². The lowest BCUT2D eigenvalue weighted by molar-refractivity contribution is 0.0204. The Morgan fingerprint density at radius 1 is 1.13 bits per heavy atom. The number of aromatic nitrogens is 3. The number of amides is 1. The Labute approximate surface area is 222 Å². The summed E-state index contributed by atoms with van der Waals surface area (Å²) in [5.74, 6) is -0.376. The van der Waals surface area contributed by atoms with Crippen LogP contribution in [0.25, 0.3) is 27.8 Å². The van der Waals surface area contributed by atoms with Crippen LogP contribution in [0.15, 0.2) is 36.7 Å². The molecule has 1 fully saturated rings. The second-order valence-electron chi connectivity index (χ2n) is 11.7. The van der Waals surface area contributed by atoms with E-state index in [1.165, 1.54) is 16.5 Å². The van der Waals surface area contributed by atoms with Gasteiger partial charge in [0.15, 0.2) is 5.69 Å². The standard InChI is InChI=1S/C30H36N4O4/c1-17(2)25-22-14-20(19-9-11-33(12-10-19)29(37)38-30(4,5)6)7-8-23(22)31-26(25)21-13-18(3)27-32-24(28(35)36)16-34(27)15-21/h7-8,13-17,19,31H,9-12H2,1-6H3,(H,35,36). The SMILES string of the molecule is Cc1cc(-c2[nH]c3ccc(C4CCN(C(=O)OC(C)(C)C)CC4)cc3c2C(C)C)cn2cc(C(=O)O)nc12. The molecule has 0 radical (unpaired) electrons. The number of nitrogens with zero attached hydrogens (tertiary/aromatic N) is 3. The zero-order chi connectivity index (χ0) is 27.4. The highest BCUT2D eigenvalue weighted by molar-refractivity contribution is 5.92. The molecule has 5 rings (SSSR count). The summed E-state index contributed by atoms with van der Waals surface area (Å²) in [5, 5.41) is 10.6. The normalized spacial score (nSPS) is 15.1. The zero-order valence-electron chi connectivity index (χ0n) is 23.0. The van der Waals surface area contributed by atoms with Crippen molar-refractivity contribution in [2.45, 2.75) is 71.8 Å². The van der Waals surface area contributed by atoms with Crippen molar-refractivity contribution >= 4 is 28.6 Å². The summed E-state index contributed by atoms with van der Waals surface area (Å²) in [6, 6.07) is 8.73. The molecule has 0 aliphatic carbocycles. The van der Waals surface area contributed by atoms with Gasteiger partial charge in [0.05, 0.1) is 5.69 Å². The summed E-state index contributed by atoms with van der Waals surface area (Å²) < 4.78 is 7.36. The van der Waals surface area contributed by atoms with Crippen LogP contribution in [0.1, 0.15) is 86.5 Å². The third-order valence-electron chi connectivity index (χ3n) is 7.30. The summed E-state index contributed by atoms with van der Waals surface area (Å²) >= 11 is 0. The monoisotopic (exact) mass is 516 g/mol.